The molecule has 106 valence electrons. The fourth-order valence-electron chi connectivity index (χ4n) is 2.31. The van der Waals surface area contributed by atoms with Gasteiger partial charge in [-0.3, -0.25) is 0 Å². The number of hydrogen-bond donors (Lipinski definition) is 1. The number of benzene rings is 1. The average Bonchev–Trinajstić information content (AvgIpc) is 2.56. The predicted molar refractivity (Wildman–Crippen MR) is 81.7 cm³/mol. The van der Waals surface area contributed by atoms with Crippen molar-refractivity contribution in [3.05, 3.63) is 48.3 Å². The highest BCUT2D eigenvalue weighted by atomic mass is 16.5. The lowest BCUT2D eigenvalue weighted by molar-refractivity contribution is 0.122. The number of nitriles is 1. The van der Waals surface area contributed by atoms with Crippen molar-refractivity contribution in [2.24, 2.45) is 0 Å². The van der Waals surface area contributed by atoms with Gasteiger partial charge in [-0.25, -0.2) is 4.98 Å². The molecule has 1 fully saturated rings. The van der Waals surface area contributed by atoms with E-state index in [0.29, 0.717) is 5.69 Å². The molecule has 5 heteroatoms. The first-order valence-corrected chi connectivity index (χ1v) is 6.91. The lowest BCUT2D eigenvalue weighted by atomic mass is 10.2. The number of aromatic nitrogens is 1. The van der Waals surface area contributed by atoms with E-state index in [2.05, 4.69) is 27.3 Å². The fourth-order valence-corrected chi connectivity index (χ4v) is 2.31. The highest BCUT2D eigenvalue weighted by Crippen LogP contribution is 2.21. The van der Waals surface area contributed by atoms with Gasteiger partial charge in [0.2, 0.25) is 0 Å². The van der Waals surface area contributed by atoms with Crippen LogP contribution in [-0.2, 0) is 4.74 Å². The minimum absolute atomic E-state index is 0.407. The van der Waals surface area contributed by atoms with E-state index >= 15 is 0 Å². The molecule has 0 amide bonds. The van der Waals surface area contributed by atoms with Gasteiger partial charge in [-0.15, -0.1) is 0 Å². The molecular weight excluding hydrogens is 264 g/mol. The van der Waals surface area contributed by atoms with Crippen molar-refractivity contribution in [1.29, 1.82) is 5.26 Å². The fraction of sp³-hybridized carbons (Fsp3) is 0.250. The van der Waals surface area contributed by atoms with Crippen LogP contribution in [0.2, 0.25) is 0 Å². The van der Waals surface area contributed by atoms with Gasteiger partial charge < -0.3 is 15.0 Å². The van der Waals surface area contributed by atoms with Crippen molar-refractivity contribution < 1.29 is 4.74 Å². The monoisotopic (exact) mass is 280 g/mol. The van der Waals surface area contributed by atoms with Crippen molar-refractivity contribution in [1.82, 2.24) is 4.98 Å². The summed E-state index contributed by atoms with van der Waals surface area (Å²) in [7, 11) is 0. The maximum Gasteiger partial charge on any atom is 0.142 e. The Hall–Kier alpha value is -2.58. The minimum Gasteiger partial charge on any atom is -0.378 e. The maximum absolute atomic E-state index is 8.85. The number of morpholine rings is 1. The number of hydrogen-bond acceptors (Lipinski definition) is 5. The molecule has 0 spiro atoms. The predicted octanol–water partition coefficient (Wildman–Crippen LogP) is 2.53. The van der Waals surface area contributed by atoms with Crippen molar-refractivity contribution in [2.45, 2.75) is 0 Å². The van der Waals surface area contributed by atoms with E-state index < -0.39 is 0 Å². The molecule has 0 atom stereocenters. The van der Waals surface area contributed by atoms with Crippen molar-refractivity contribution in [2.75, 3.05) is 36.5 Å². The van der Waals surface area contributed by atoms with E-state index in [1.807, 2.05) is 24.3 Å². The largest absolute Gasteiger partial charge is 0.378 e. The Balaban J connectivity index is 1.70. The van der Waals surface area contributed by atoms with Crippen LogP contribution < -0.4 is 10.2 Å². The molecule has 0 unspecified atom stereocenters. The van der Waals surface area contributed by atoms with Crippen LogP contribution in [0.15, 0.2) is 42.6 Å². The van der Waals surface area contributed by atoms with Gasteiger partial charge in [0.1, 0.15) is 11.8 Å². The molecule has 0 aliphatic carbocycles. The van der Waals surface area contributed by atoms with Gasteiger partial charge in [-0.2, -0.15) is 5.26 Å². The topological polar surface area (TPSA) is 61.2 Å². The van der Waals surface area contributed by atoms with E-state index in [1.54, 1.807) is 12.3 Å². The van der Waals surface area contributed by atoms with Gasteiger partial charge in [0.25, 0.3) is 0 Å². The zero-order valence-corrected chi connectivity index (χ0v) is 11.6. The molecule has 1 N–H and O–H groups in total. The van der Waals surface area contributed by atoms with E-state index in [-0.39, 0.29) is 0 Å². The van der Waals surface area contributed by atoms with E-state index in [9.17, 15) is 0 Å². The Morgan fingerprint density at radius 1 is 1.10 bits per heavy atom. The summed E-state index contributed by atoms with van der Waals surface area (Å²) in [5.41, 5.74) is 3.46. The first-order valence-electron chi connectivity index (χ1n) is 6.91. The standard InChI is InChI=1S/C16H16N4O/c17-12-15-11-14(5-6-18-15)19-13-1-3-16(4-2-13)20-7-9-21-10-8-20/h1-6,11H,7-10H2,(H,18,19). The maximum atomic E-state index is 8.85. The molecule has 1 aromatic carbocycles. The summed E-state index contributed by atoms with van der Waals surface area (Å²) in [6, 6.07) is 13.9. The van der Waals surface area contributed by atoms with E-state index in [0.717, 1.165) is 37.7 Å². The Morgan fingerprint density at radius 3 is 2.57 bits per heavy atom. The first kappa shape index (κ1) is 13.4. The summed E-state index contributed by atoms with van der Waals surface area (Å²) in [6.45, 7) is 3.44. The van der Waals surface area contributed by atoms with Crippen molar-refractivity contribution in [3.63, 3.8) is 0 Å². The van der Waals surface area contributed by atoms with Crippen LogP contribution in [-0.4, -0.2) is 31.3 Å². The van der Waals surface area contributed by atoms with Crippen LogP contribution in [0.1, 0.15) is 5.69 Å². The molecule has 1 aromatic heterocycles. The highest BCUT2D eigenvalue weighted by molar-refractivity contribution is 5.63. The van der Waals surface area contributed by atoms with Gasteiger partial charge in [-0.05, 0) is 36.4 Å². The number of anilines is 3. The van der Waals surface area contributed by atoms with E-state index in [4.69, 9.17) is 10.00 Å². The summed E-state index contributed by atoms with van der Waals surface area (Å²) in [6.07, 6.45) is 1.63. The Morgan fingerprint density at radius 2 is 1.86 bits per heavy atom. The molecule has 3 rings (SSSR count). The van der Waals surface area contributed by atoms with Crippen LogP contribution in [0.4, 0.5) is 17.1 Å². The van der Waals surface area contributed by atoms with Gasteiger partial charge in [0, 0.05) is 36.3 Å². The van der Waals surface area contributed by atoms with Crippen LogP contribution in [0, 0.1) is 11.3 Å². The minimum atomic E-state index is 0.407. The molecule has 0 saturated carbocycles. The average molecular weight is 280 g/mol. The SMILES string of the molecule is N#Cc1cc(Nc2ccc(N3CCOCC3)cc2)ccn1. The molecule has 2 heterocycles. The second-order valence-electron chi connectivity index (χ2n) is 4.81. The smallest absolute Gasteiger partial charge is 0.142 e. The zero-order chi connectivity index (χ0) is 14.5. The van der Waals surface area contributed by atoms with Crippen molar-refractivity contribution in [3.8, 4) is 6.07 Å². The summed E-state index contributed by atoms with van der Waals surface area (Å²) in [5.74, 6) is 0. The number of nitrogens with one attached hydrogen (secondary N) is 1. The first-order chi connectivity index (χ1) is 10.3. The van der Waals surface area contributed by atoms with E-state index in [1.165, 1.54) is 5.69 Å². The third-order valence-electron chi connectivity index (χ3n) is 3.41. The molecule has 0 bridgehead atoms. The van der Waals surface area contributed by atoms with Gasteiger partial charge >= 0.3 is 0 Å². The van der Waals surface area contributed by atoms with Crippen LogP contribution in [0.25, 0.3) is 0 Å². The molecule has 21 heavy (non-hydrogen) atoms. The Kier molecular flexibility index (Phi) is 3.99. The summed E-state index contributed by atoms with van der Waals surface area (Å²) in [5, 5.41) is 12.1. The van der Waals surface area contributed by atoms with Gasteiger partial charge in [0.15, 0.2) is 0 Å². The third kappa shape index (κ3) is 3.30. The molecule has 0 radical (unpaired) electrons. The molecule has 5 nitrogen and oxygen atoms in total. The number of rotatable bonds is 3. The normalized spacial score (nSPS) is 14.5. The lowest BCUT2D eigenvalue weighted by Gasteiger charge is -2.28. The zero-order valence-electron chi connectivity index (χ0n) is 11.6. The van der Waals surface area contributed by atoms with Crippen LogP contribution in [0.5, 0.6) is 0 Å². The molecule has 1 saturated heterocycles. The quantitative estimate of drug-likeness (QED) is 0.936. The van der Waals surface area contributed by atoms with Gasteiger partial charge in [-0.1, -0.05) is 0 Å². The number of pyridine rings is 1. The van der Waals surface area contributed by atoms with Gasteiger partial charge in [0.05, 0.1) is 13.2 Å². The Labute approximate surface area is 123 Å². The van der Waals surface area contributed by atoms with Crippen LogP contribution >= 0.6 is 0 Å². The molecule has 2 aromatic rings. The highest BCUT2D eigenvalue weighted by Gasteiger charge is 2.10. The summed E-state index contributed by atoms with van der Waals surface area (Å²) < 4.78 is 5.36. The third-order valence-corrected chi connectivity index (χ3v) is 3.41. The summed E-state index contributed by atoms with van der Waals surface area (Å²) >= 11 is 0. The summed E-state index contributed by atoms with van der Waals surface area (Å²) in [4.78, 5) is 6.27. The molecule has 1 aliphatic rings. The molecule has 1 aliphatic heterocycles. The second kappa shape index (κ2) is 6.25. The second-order valence-corrected chi connectivity index (χ2v) is 4.81. The molecular formula is C16H16N4O. The van der Waals surface area contributed by atoms with Crippen molar-refractivity contribution >= 4 is 17.1 Å². The lowest BCUT2D eigenvalue weighted by Crippen LogP contribution is -2.36. The van der Waals surface area contributed by atoms with Crippen LogP contribution in [0.3, 0.4) is 0 Å². The Bertz CT molecular complexity index is 642. The number of ether oxygens (including phenoxy) is 1. The number of nitrogens with zero attached hydrogens (tertiary/aromatic N) is 3.